The number of unbranched alkanes of at least 4 members (excludes halogenated alkanes) is 15. The summed E-state index contributed by atoms with van der Waals surface area (Å²) in [7, 11) is 0. The van der Waals surface area contributed by atoms with Gasteiger partial charge in [-0.2, -0.15) is 0 Å². The fraction of sp³-hybridized carbons (Fsp3) is 0.588. The highest BCUT2D eigenvalue weighted by molar-refractivity contribution is 6.30. The summed E-state index contributed by atoms with van der Waals surface area (Å²) in [6.07, 6.45) is 21.9. The molecule has 0 fully saturated rings. The first-order valence-electron chi connectivity index (χ1n) is 15.6. The van der Waals surface area contributed by atoms with E-state index in [1.165, 1.54) is 96.3 Å². The molecule has 0 saturated carbocycles. The van der Waals surface area contributed by atoms with Crippen LogP contribution in [0.2, 0.25) is 5.02 Å². The van der Waals surface area contributed by atoms with Crippen LogP contribution in [0.1, 0.15) is 139 Å². The van der Waals surface area contributed by atoms with Gasteiger partial charge in [0.1, 0.15) is 5.82 Å². The molecule has 0 aliphatic heterocycles. The summed E-state index contributed by atoms with van der Waals surface area (Å²) in [4.78, 5) is 17.7. The molecule has 1 atom stereocenters. The molecule has 0 saturated heterocycles. The molecule has 0 radical (unpaired) electrons. The summed E-state index contributed by atoms with van der Waals surface area (Å²) < 4.78 is 2.30. The monoisotopic (exact) mass is 551 g/mol. The topological polar surface area (TPSA) is 46.9 Å². The van der Waals surface area contributed by atoms with E-state index in [0.29, 0.717) is 10.6 Å². The third kappa shape index (κ3) is 11.0. The number of nitrogens with one attached hydrogen (secondary N) is 1. The zero-order chi connectivity index (χ0) is 27.7. The highest BCUT2D eigenvalue weighted by Gasteiger charge is 2.19. The van der Waals surface area contributed by atoms with Gasteiger partial charge < -0.3 is 9.88 Å². The molecule has 1 unspecified atom stereocenters. The van der Waals surface area contributed by atoms with Crippen molar-refractivity contribution >= 4 is 28.5 Å². The second-order valence-corrected chi connectivity index (χ2v) is 11.6. The normalized spacial score (nSPS) is 12.2. The number of nitrogens with zero attached hydrogens (tertiary/aromatic N) is 2. The van der Waals surface area contributed by atoms with Crippen molar-refractivity contribution in [3.8, 4) is 0 Å². The number of aromatic nitrogens is 2. The van der Waals surface area contributed by atoms with Crippen molar-refractivity contribution in [1.82, 2.24) is 14.9 Å². The van der Waals surface area contributed by atoms with Crippen molar-refractivity contribution < 1.29 is 4.79 Å². The summed E-state index contributed by atoms with van der Waals surface area (Å²) in [5.74, 6) is 0.805. The lowest BCUT2D eigenvalue weighted by atomic mass is 10.0. The zero-order valence-corrected chi connectivity index (χ0v) is 25.2. The summed E-state index contributed by atoms with van der Waals surface area (Å²) in [5.41, 5.74) is 2.73. The number of para-hydroxylation sites is 2. The Morgan fingerprint density at radius 3 is 1.85 bits per heavy atom. The van der Waals surface area contributed by atoms with Gasteiger partial charge in [-0.25, -0.2) is 4.98 Å². The maximum atomic E-state index is 12.8. The van der Waals surface area contributed by atoms with Gasteiger partial charge in [-0.1, -0.05) is 127 Å². The largest absolute Gasteiger partial charge is 0.342 e. The molecule has 0 bridgehead atoms. The molecule has 0 aliphatic carbocycles. The molecular formula is C34H50ClN3O. The lowest BCUT2D eigenvalue weighted by Crippen LogP contribution is -2.28. The molecule has 39 heavy (non-hydrogen) atoms. The average molecular weight is 552 g/mol. The number of benzene rings is 2. The van der Waals surface area contributed by atoms with Gasteiger partial charge >= 0.3 is 0 Å². The molecule has 214 valence electrons. The Hall–Kier alpha value is -2.33. The second kappa shape index (κ2) is 18.1. The number of fused-ring (bicyclic) bond motifs is 1. The van der Waals surface area contributed by atoms with Crippen LogP contribution in [-0.4, -0.2) is 15.5 Å². The maximum absolute atomic E-state index is 12.8. The maximum Gasteiger partial charge on any atom is 0.251 e. The Morgan fingerprint density at radius 2 is 1.28 bits per heavy atom. The minimum Gasteiger partial charge on any atom is -0.342 e. The van der Waals surface area contributed by atoms with Gasteiger partial charge in [-0.15, -0.1) is 0 Å². The van der Waals surface area contributed by atoms with Crippen molar-refractivity contribution in [2.75, 3.05) is 0 Å². The van der Waals surface area contributed by atoms with E-state index >= 15 is 0 Å². The Morgan fingerprint density at radius 1 is 0.769 bits per heavy atom. The molecule has 1 heterocycles. The molecule has 3 rings (SSSR count). The SMILES string of the molecule is CCCCCCCCCCCCCCCCCCn1c(C(C)NC(=O)c2ccc(Cl)cc2)nc2ccccc21. The minimum atomic E-state index is -0.193. The number of halogens is 1. The molecule has 1 amide bonds. The van der Waals surface area contributed by atoms with Crippen molar-refractivity contribution in [2.45, 2.75) is 129 Å². The number of hydrogen-bond acceptors (Lipinski definition) is 2. The highest BCUT2D eigenvalue weighted by atomic mass is 35.5. The summed E-state index contributed by atoms with van der Waals surface area (Å²) in [6, 6.07) is 15.1. The minimum absolute atomic E-state index is 0.111. The average Bonchev–Trinajstić information content (AvgIpc) is 3.32. The number of rotatable bonds is 20. The highest BCUT2D eigenvalue weighted by Crippen LogP contribution is 2.23. The fourth-order valence-electron chi connectivity index (χ4n) is 5.42. The lowest BCUT2D eigenvalue weighted by molar-refractivity contribution is 0.0937. The van der Waals surface area contributed by atoms with E-state index in [0.717, 1.165) is 29.8 Å². The van der Waals surface area contributed by atoms with Gasteiger partial charge in [0.2, 0.25) is 0 Å². The summed E-state index contributed by atoms with van der Waals surface area (Å²) >= 11 is 5.98. The first-order valence-corrected chi connectivity index (χ1v) is 16.0. The van der Waals surface area contributed by atoms with Gasteiger partial charge in [0.15, 0.2) is 0 Å². The Balaban J connectivity index is 1.34. The van der Waals surface area contributed by atoms with Crippen molar-refractivity contribution in [2.24, 2.45) is 0 Å². The summed E-state index contributed by atoms with van der Waals surface area (Å²) in [6.45, 7) is 5.23. The Kier molecular flexibility index (Phi) is 14.5. The predicted octanol–water partition coefficient (Wildman–Crippen LogP) is 10.4. The molecule has 1 aromatic heterocycles. The van der Waals surface area contributed by atoms with Crippen molar-refractivity contribution in [3.63, 3.8) is 0 Å². The Bertz CT molecular complexity index is 1090. The number of hydrogen-bond donors (Lipinski definition) is 1. The van der Waals surface area contributed by atoms with E-state index < -0.39 is 0 Å². The molecular weight excluding hydrogens is 502 g/mol. The quantitative estimate of drug-likeness (QED) is 0.142. The molecule has 2 aromatic carbocycles. The van der Waals surface area contributed by atoms with E-state index in [2.05, 4.69) is 35.0 Å². The number of carbonyl (C=O) groups is 1. The number of amides is 1. The molecule has 3 aromatic rings. The van der Waals surface area contributed by atoms with E-state index in [9.17, 15) is 4.79 Å². The van der Waals surface area contributed by atoms with Crippen LogP contribution in [0.5, 0.6) is 0 Å². The molecule has 0 aliphatic rings. The number of aryl methyl sites for hydroxylation is 1. The van der Waals surface area contributed by atoms with Gasteiger partial charge in [0.05, 0.1) is 17.1 Å². The van der Waals surface area contributed by atoms with Crippen LogP contribution in [0.15, 0.2) is 48.5 Å². The molecule has 5 heteroatoms. The van der Waals surface area contributed by atoms with Crippen LogP contribution in [0, 0.1) is 0 Å². The number of imidazole rings is 1. The van der Waals surface area contributed by atoms with Crippen LogP contribution >= 0.6 is 11.6 Å². The lowest BCUT2D eigenvalue weighted by Gasteiger charge is -2.16. The third-order valence-corrected chi connectivity index (χ3v) is 8.01. The second-order valence-electron chi connectivity index (χ2n) is 11.1. The fourth-order valence-corrected chi connectivity index (χ4v) is 5.55. The van der Waals surface area contributed by atoms with Crippen LogP contribution in [0.25, 0.3) is 11.0 Å². The van der Waals surface area contributed by atoms with Crippen LogP contribution in [-0.2, 0) is 6.54 Å². The van der Waals surface area contributed by atoms with E-state index in [4.69, 9.17) is 16.6 Å². The smallest absolute Gasteiger partial charge is 0.251 e. The molecule has 1 N–H and O–H groups in total. The first kappa shape index (κ1) is 31.2. The molecule has 0 spiro atoms. The van der Waals surface area contributed by atoms with Gasteiger partial charge in [0, 0.05) is 17.1 Å². The predicted molar refractivity (Wildman–Crippen MR) is 167 cm³/mol. The zero-order valence-electron chi connectivity index (χ0n) is 24.4. The molecule has 4 nitrogen and oxygen atoms in total. The van der Waals surface area contributed by atoms with Crippen molar-refractivity contribution in [1.29, 1.82) is 0 Å². The third-order valence-electron chi connectivity index (χ3n) is 7.76. The van der Waals surface area contributed by atoms with Crippen molar-refractivity contribution in [3.05, 3.63) is 64.9 Å². The van der Waals surface area contributed by atoms with Gasteiger partial charge in [0.25, 0.3) is 5.91 Å². The first-order chi connectivity index (χ1) is 19.1. The Labute approximate surface area is 241 Å². The van der Waals surface area contributed by atoms with E-state index in [1.807, 2.05) is 13.0 Å². The van der Waals surface area contributed by atoms with Gasteiger partial charge in [-0.3, -0.25) is 4.79 Å². The van der Waals surface area contributed by atoms with Crippen LogP contribution in [0.4, 0.5) is 0 Å². The van der Waals surface area contributed by atoms with Crippen LogP contribution < -0.4 is 5.32 Å². The number of carbonyl (C=O) groups excluding carboxylic acids is 1. The van der Waals surface area contributed by atoms with Crippen LogP contribution in [0.3, 0.4) is 0 Å². The standard InChI is InChI=1S/C34H50ClN3O/c1-3-4-5-6-7-8-9-10-11-12-13-14-15-16-17-20-27-38-32-22-19-18-21-31(32)37-33(38)28(2)36-34(39)29-23-25-30(35)26-24-29/h18-19,21-26,28H,3-17,20,27H2,1-2H3,(H,36,39). The van der Waals surface area contributed by atoms with E-state index in [1.54, 1.807) is 24.3 Å². The van der Waals surface area contributed by atoms with Gasteiger partial charge in [-0.05, 0) is 49.7 Å². The van der Waals surface area contributed by atoms with E-state index in [-0.39, 0.29) is 11.9 Å². The summed E-state index contributed by atoms with van der Waals surface area (Å²) in [5, 5.41) is 3.75.